The number of hydrogen-bond donors (Lipinski definition) is 0. The summed E-state index contributed by atoms with van der Waals surface area (Å²) in [6.45, 7) is 5.15. The predicted octanol–water partition coefficient (Wildman–Crippen LogP) is 4.09. The SMILES string of the molecule is Cc1ccc(CN2CC(C(=O)N(C)C)C3(CCN(c4ccc(C#N)c(C(F)(F)F)c4)CC3)C2)nc1. The summed E-state index contributed by atoms with van der Waals surface area (Å²) in [7, 11) is 3.54. The van der Waals surface area contributed by atoms with E-state index in [9.17, 15) is 18.0 Å². The molecule has 0 aliphatic carbocycles. The number of nitriles is 1. The molecule has 1 unspecified atom stereocenters. The van der Waals surface area contributed by atoms with Gasteiger partial charge >= 0.3 is 6.18 Å². The fraction of sp³-hybridized carbons (Fsp3) is 0.500. The van der Waals surface area contributed by atoms with Crippen molar-refractivity contribution in [1.29, 1.82) is 5.26 Å². The predicted molar refractivity (Wildman–Crippen MR) is 126 cm³/mol. The maximum atomic E-state index is 13.5. The first-order valence-electron chi connectivity index (χ1n) is 11.7. The van der Waals surface area contributed by atoms with Crippen LogP contribution in [0.1, 0.15) is 35.2 Å². The third-order valence-electron chi connectivity index (χ3n) is 7.37. The number of aryl methyl sites for hydroxylation is 1. The molecule has 3 heterocycles. The Kier molecular flexibility index (Phi) is 6.78. The average Bonchev–Trinajstić information content (AvgIpc) is 3.16. The zero-order chi connectivity index (χ0) is 25.4. The van der Waals surface area contributed by atoms with E-state index < -0.39 is 11.7 Å². The van der Waals surface area contributed by atoms with Crippen molar-refractivity contribution in [2.24, 2.45) is 11.3 Å². The molecule has 35 heavy (non-hydrogen) atoms. The molecular formula is C26H30F3N5O. The topological polar surface area (TPSA) is 63.5 Å². The number of carbonyl (C=O) groups excluding carboxylic acids is 1. The smallest absolute Gasteiger partial charge is 0.371 e. The summed E-state index contributed by atoms with van der Waals surface area (Å²) in [6, 6.07) is 9.57. The molecule has 1 spiro atoms. The Hall–Kier alpha value is -3.12. The van der Waals surface area contributed by atoms with Crippen LogP contribution in [0.15, 0.2) is 36.5 Å². The van der Waals surface area contributed by atoms with E-state index in [1.165, 1.54) is 6.07 Å². The van der Waals surface area contributed by atoms with Crippen LogP contribution in [0.2, 0.25) is 0 Å². The zero-order valence-corrected chi connectivity index (χ0v) is 20.3. The number of aromatic nitrogens is 1. The van der Waals surface area contributed by atoms with Crippen molar-refractivity contribution in [2.45, 2.75) is 32.5 Å². The van der Waals surface area contributed by atoms with E-state index in [1.54, 1.807) is 31.1 Å². The lowest BCUT2D eigenvalue weighted by molar-refractivity contribution is -0.138. The molecule has 9 heteroatoms. The van der Waals surface area contributed by atoms with E-state index in [-0.39, 0.29) is 22.8 Å². The first-order valence-corrected chi connectivity index (χ1v) is 11.7. The molecule has 1 aromatic carbocycles. The number of amides is 1. The lowest BCUT2D eigenvalue weighted by Gasteiger charge is -2.43. The van der Waals surface area contributed by atoms with Gasteiger partial charge in [-0.2, -0.15) is 18.4 Å². The van der Waals surface area contributed by atoms with Crippen molar-refractivity contribution in [1.82, 2.24) is 14.8 Å². The van der Waals surface area contributed by atoms with Gasteiger partial charge in [0.15, 0.2) is 0 Å². The minimum atomic E-state index is -4.59. The van der Waals surface area contributed by atoms with E-state index in [0.29, 0.717) is 44.7 Å². The first-order chi connectivity index (χ1) is 16.5. The Morgan fingerprint density at radius 2 is 1.94 bits per heavy atom. The van der Waals surface area contributed by atoms with Crippen molar-refractivity contribution in [3.8, 4) is 6.07 Å². The molecule has 186 valence electrons. The van der Waals surface area contributed by atoms with Crippen LogP contribution in [0.3, 0.4) is 0 Å². The molecular weight excluding hydrogens is 455 g/mol. The molecule has 2 fully saturated rings. The van der Waals surface area contributed by atoms with Gasteiger partial charge in [0.25, 0.3) is 0 Å². The number of piperidine rings is 1. The number of nitrogens with zero attached hydrogens (tertiary/aromatic N) is 5. The maximum Gasteiger partial charge on any atom is 0.417 e. The van der Waals surface area contributed by atoms with Crippen molar-refractivity contribution < 1.29 is 18.0 Å². The number of rotatable bonds is 4. The van der Waals surface area contributed by atoms with Gasteiger partial charge in [-0.15, -0.1) is 0 Å². The van der Waals surface area contributed by atoms with Gasteiger partial charge in [0.2, 0.25) is 5.91 Å². The average molecular weight is 486 g/mol. The van der Waals surface area contributed by atoms with Gasteiger partial charge in [-0.3, -0.25) is 14.7 Å². The molecule has 0 N–H and O–H groups in total. The van der Waals surface area contributed by atoms with Crippen LogP contribution >= 0.6 is 0 Å². The highest BCUT2D eigenvalue weighted by Crippen LogP contribution is 2.46. The highest BCUT2D eigenvalue weighted by atomic mass is 19.4. The Morgan fingerprint density at radius 1 is 1.23 bits per heavy atom. The van der Waals surface area contributed by atoms with E-state index >= 15 is 0 Å². The lowest BCUT2D eigenvalue weighted by atomic mass is 9.70. The van der Waals surface area contributed by atoms with Gasteiger partial charge in [0.05, 0.1) is 28.8 Å². The minimum Gasteiger partial charge on any atom is -0.371 e. The monoisotopic (exact) mass is 485 g/mol. The number of likely N-dealkylation sites (tertiary alicyclic amines) is 1. The second-order valence-electron chi connectivity index (χ2n) is 9.97. The van der Waals surface area contributed by atoms with Crippen LogP contribution in [-0.4, -0.2) is 61.0 Å². The van der Waals surface area contributed by atoms with Crippen LogP contribution in [0, 0.1) is 29.6 Å². The largest absolute Gasteiger partial charge is 0.417 e. The summed E-state index contributed by atoms with van der Waals surface area (Å²) in [4.78, 5) is 23.5. The summed E-state index contributed by atoms with van der Waals surface area (Å²) in [6.07, 6.45) is -1.33. The second-order valence-corrected chi connectivity index (χ2v) is 9.97. The van der Waals surface area contributed by atoms with E-state index in [4.69, 9.17) is 5.26 Å². The highest BCUT2D eigenvalue weighted by Gasteiger charge is 2.51. The van der Waals surface area contributed by atoms with Crippen molar-refractivity contribution in [3.05, 3.63) is 58.9 Å². The van der Waals surface area contributed by atoms with Crippen LogP contribution in [0.25, 0.3) is 0 Å². The van der Waals surface area contributed by atoms with Crippen LogP contribution in [0.4, 0.5) is 18.9 Å². The molecule has 2 aliphatic heterocycles. The van der Waals surface area contributed by atoms with Gasteiger partial charge in [0, 0.05) is 58.7 Å². The number of alkyl halides is 3. The van der Waals surface area contributed by atoms with Gasteiger partial charge in [-0.1, -0.05) is 6.07 Å². The Labute approximate surface area is 204 Å². The molecule has 0 radical (unpaired) electrons. The number of pyridine rings is 1. The fourth-order valence-electron chi connectivity index (χ4n) is 5.44. The second kappa shape index (κ2) is 9.50. The van der Waals surface area contributed by atoms with Gasteiger partial charge in [-0.25, -0.2) is 0 Å². The minimum absolute atomic E-state index is 0.0931. The summed E-state index contributed by atoms with van der Waals surface area (Å²) in [5.74, 6) is -0.0765. The standard InChI is InChI=1S/C26H30F3N5O/c1-18-4-6-20(31-14-18)15-33-16-23(24(35)32(2)3)25(17-33)8-10-34(11-9-25)21-7-5-19(13-30)22(12-21)26(27,28)29/h4-7,12,14,23H,8-11,15-17H2,1-3H3. The van der Waals surface area contributed by atoms with Crippen molar-refractivity contribution in [2.75, 3.05) is 45.2 Å². The maximum absolute atomic E-state index is 13.5. The number of anilines is 1. The summed E-state index contributed by atoms with van der Waals surface area (Å²) in [5.41, 5.74) is 0.996. The Morgan fingerprint density at radius 3 is 2.51 bits per heavy atom. The number of benzene rings is 1. The summed E-state index contributed by atoms with van der Waals surface area (Å²) < 4.78 is 40.4. The summed E-state index contributed by atoms with van der Waals surface area (Å²) in [5, 5.41) is 9.08. The normalized spacial score (nSPS) is 20.1. The quantitative estimate of drug-likeness (QED) is 0.653. The molecule has 1 atom stereocenters. The van der Waals surface area contributed by atoms with Crippen LogP contribution in [0.5, 0.6) is 0 Å². The fourth-order valence-corrected chi connectivity index (χ4v) is 5.44. The Balaban J connectivity index is 1.53. The molecule has 2 aromatic rings. The van der Waals surface area contributed by atoms with Crippen LogP contribution < -0.4 is 4.90 Å². The van der Waals surface area contributed by atoms with E-state index in [2.05, 4.69) is 9.88 Å². The number of halogens is 3. The van der Waals surface area contributed by atoms with Gasteiger partial charge < -0.3 is 9.80 Å². The molecule has 0 saturated carbocycles. The lowest BCUT2D eigenvalue weighted by Crippen LogP contribution is -2.48. The van der Waals surface area contributed by atoms with E-state index in [0.717, 1.165) is 23.9 Å². The highest BCUT2D eigenvalue weighted by molar-refractivity contribution is 5.80. The molecule has 4 rings (SSSR count). The van der Waals surface area contributed by atoms with E-state index in [1.807, 2.05) is 30.2 Å². The molecule has 2 saturated heterocycles. The third-order valence-corrected chi connectivity index (χ3v) is 7.37. The molecule has 6 nitrogen and oxygen atoms in total. The first kappa shape index (κ1) is 25.0. The molecule has 0 bridgehead atoms. The molecule has 2 aliphatic rings. The van der Waals surface area contributed by atoms with Crippen LogP contribution in [-0.2, 0) is 17.5 Å². The number of carbonyl (C=O) groups is 1. The van der Waals surface area contributed by atoms with Gasteiger partial charge in [0.1, 0.15) is 0 Å². The third kappa shape index (κ3) is 5.13. The van der Waals surface area contributed by atoms with Gasteiger partial charge in [-0.05, 0) is 55.0 Å². The Bertz CT molecular complexity index is 1120. The van der Waals surface area contributed by atoms with Crippen molar-refractivity contribution >= 4 is 11.6 Å². The molecule has 1 aromatic heterocycles. The van der Waals surface area contributed by atoms with Crippen molar-refractivity contribution in [3.63, 3.8) is 0 Å². The molecule has 1 amide bonds. The zero-order valence-electron chi connectivity index (χ0n) is 20.3. The summed E-state index contributed by atoms with van der Waals surface area (Å²) >= 11 is 0. The number of hydrogen-bond acceptors (Lipinski definition) is 5.